The van der Waals surface area contributed by atoms with Crippen LogP contribution in [0.1, 0.15) is 22.1 Å². The lowest BCUT2D eigenvalue weighted by Crippen LogP contribution is -1.99. The number of hydrogen-bond donors (Lipinski definition) is 1. The van der Waals surface area contributed by atoms with Crippen LogP contribution in [-0.2, 0) is 0 Å². The Kier molecular flexibility index (Phi) is 2.90. The Bertz CT molecular complexity index is 670. The molecule has 0 aliphatic heterocycles. The molecule has 0 fully saturated rings. The van der Waals surface area contributed by atoms with Gasteiger partial charge in [-0.15, -0.1) is 11.3 Å². The van der Waals surface area contributed by atoms with E-state index in [9.17, 15) is 5.11 Å². The molecule has 0 amide bonds. The summed E-state index contributed by atoms with van der Waals surface area (Å²) in [7, 11) is 0. The lowest BCUT2D eigenvalue weighted by atomic mass is 9.99. The zero-order valence-electron chi connectivity index (χ0n) is 10.1. The Morgan fingerprint density at radius 3 is 2.39 bits per heavy atom. The van der Waals surface area contributed by atoms with Gasteiger partial charge in [-0.1, -0.05) is 48.5 Å². The summed E-state index contributed by atoms with van der Waals surface area (Å²) >= 11 is 1.74. The van der Waals surface area contributed by atoms with Crippen LogP contribution in [0.5, 0.6) is 0 Å². The molecule has 0 saturated carbocycles. The van der Waals surface area contributed by atoms with Crippen molar-refractivity contribution in [2.24, 2.45) is 0 Å². The second-order valence-corrected chi connectivity index (χ2v) is 5.64. The smallest absolute Gasteiger partial charge is 0.106 e. The largest absolute Gasteiger partial charge is 0.384 e. The maximum absolute atomic E-state index is 10.6. The predicted molar refractivity (Wildman–Crippen MR) is 77.1 cm³/mol. The maximum atomic E-state index is 10.6. The van der Waals surface area contributed by atoms with E-state index in [1.54, 1.807) is 11.3 Å². The Morgan fingerprint density at radius 2 is 1.61 bits per heavy atom. The molecule has 1 aromatic heterocycles. The molecular formula is C16H14OS. The van der Waals surface area contributed by atoms with Crippen LogP contribution in [0, 0.1) is 6.92 Å². The second-order valence-electron chi connectivity index (χ2n) is 4.38. The summed E-state index contributed by atoms with van der Waals surface area (Å²) in [6, 6.07) is 18.1. The zero-order chi connectivity index (χ0) is 12.5. The minimum atomic E-state index is -0.539. The van der Waals surface area contributed by atoms with E-state index in [4.69, 9.17) is 0 Å². The van der Waals surface area contributed by atoms with Crippen molar-refractivity contribution in [2.75, 3.05) is 0 Å². The van der Waals surface area contributed by atoms with Crippen molar-refractivity contribution >= 4 is 21.4 Å². The first kappa shape index (κ1) is 11.5. The first-order chi connectivity index (χ1) is 8.77. The average molecular weight is 254 g/mol. The van der Waals surface area contributed by atoms with E-state index in [1.807, 2.05) is 42.5 Å². The molecule has 1 atom stereocenters. The van der Waals surface area contributed by atoms with Crippen molar-refractivity contribution < 1.29 is 5.11 Å². The summed E-state index contributed by atoms with van der Waals surface area (Å²) in [5, 5.41) is 11.7. The molecule has 0 aliphatic carbocycles. The summed E-state index contributed by atoms with van der Waals surface area (Å²) in [4.78, 5) is 1.19. The molecule has 3 aromatic rings. The first-order valence-corrected chi connectivity index (χ1v) is 6.80. The summed E-state index contributed by atoms with van der Waals surface area (Å²) < 4.78 is 1.24. The number of thiophene rings is 1. The van der Waals surface area contributed by atoms with Gasteiger partial charge in [-0.25, -0.2) is 0 Å². The van der Waals surface area contributed by atoms with Crippen LogP contribution in [-0.4, -0.2) is 5.11 Å². The van der Waals surface area contributed by atoms with Crippen molar-refractivity contribution in [1.29, 1.82) is 0 Å². The minimum absolute atomic E-state index is 0.539. The van der Waals surface area contributed by atoms with Crippen LogP contribution in [0.25, 0.3) is 10.1 Å². The molecule has 1 unspecified atom stereocenters. The summed E-state index contributed by atoms with van der Waals surface area (Å²) in [6.45, 7) is 2.08. The van der Waals surface area contributed by atoms with Gasteiger partial charge in [0.15, 0.2) is 0 Å². The van der Waals surface area contributed by atoms with Crippen molar-refractivity contribution in [3.8, 4) is 0 Å². The van der Waals surface area contributed by atoms with E-state index in [1.165, 1.54) is 9.58 Å². The lowest BCUT2D eigenvalue weighted by Gasteiger charge is -2.11. The fourth-order valence-corrected chi connectivity index (χ4v) is 3.43. The van der Waals surface area contributed by atoms with Crippen LogP contribution in [0.2, 0.25) is 0 Å². The molecule has 0 radical (unpaired) electrons. The van der Waals surface area contributed by atoms with E-state index in [0.717, 1.165) is 16.5 Å². The van der Waals surface area contributed by atoms with E-state index in [-0.39, 0.29) is 0 Å². The normalized spacial score (nSPS) is 12.8. The Morgan fingerprint density at radius 1 is 0.944 bits per heavy atom. The predicted octanol–water partition coefficient (Wildman–Crippen LogP) is 4.29. The molecule has 0 aliphatic rings. The first-order valence-electron chi connectivity index (χ1n) is 5.98. The highest BCUT2D eigenvalue weighted by Gasteiger charge is 2.17. The topological polar surface area (TPSA) is 20.2 Å². The molecule has 0 spiro atoms. The van der Waals surface area contributed by atoms with Crippen LogP contribution in [0.4, 0.5) is 0 Å². The number of aliphatic hydroxyl groups excluding tert-OH is 1. The van der Waals surface area contributed by atoms with Gasteiger partial charge >= 0.3 is 0 Å². The molecule has 2 aromatic carbocycles. The van der Waals surface area contributed by atoms with Gasteiger partial charge in [-0.3, -0.25) is 0 Å². The van der Waals surface area contributed by atoms with E-state index in [2.05, 4.69) is 19.1 Å². The fourth-order valence-electron chi connectivity index (χ4n) is 2.33. The van der Waals surface area contributed by atoms with Gasteiger partial charge in [0.05, 0.1) is 0 Å². The molecule has 0 saturated heterocycles. The van der Waals surface area contributed by atoms with Crippen LogP contribution < -0.4 is 0 Å². The Hall–Kier alpha value is -1.64. The number of rotatable bonds is 2. The van der Waals surface area contributed by atoms with Gasteiger partial charge < -0.3 is 5.11 Å². The minimum Gasteiger partial charge on any atom is -0.384 e. The summed E-state index contributed by atoms with van der Waals surface area (Å²) in [6.07, 6.45) is -0.539. The number of aryl methyl sites for hydroxylation is 1. The van der Waals surface area contributed by atoms with Crippen molar-refractivity contribution in [2.45, 2.75) is 13.0 Å². The highest BCUT2D eigenvalue weighted by atomic mass is 32.1. The quantitative estimate of drug-likeness (QED) is 0.723. The van der Waals surface area contributed by atoms with Gasteiger partial charge in [0.25, 0.3) is 0 Å². The van der Waals surface area contributed by atoms with E-state index >= 15 is 0 Å². The van der Waals surface area contributed by atoms with Gasteiger partial charge in [0, 0.05) is 15.1 Å². The van der Waals surface area contributed by atoms with E-state index in [0.29, 0.717) is 0 Å². The van der Waals surface area contributed by atoms with Gasteiger partial charge in [0.2, 0.25) is 0 Å². The average Bonchev–Trinajstić information content (AvgIpc) is 2.75. The van der Waals surface area contributed by atoms with Crippen molar-refractivity contribution in [3.63, 3.8) is 0 Å². The van der Waals surface area contributed by atoms with E-state index < -0.39 is 6.10 Å². The Labute approximate surface area is 110 Å². The molecule has 1 nitrogen and oxygen atoms in total. The second kappa shape index (κ2) is 4.56. The zero-order valence-corrected chi connectivity index (χ0v) is 10.9. The number of benzene rings is 2. The fraction of sp³-hybridized carbons (Fsp3) is 0.125. The molecule has 1 heterocycles. The van der Waals surface area contributed by atoms with Crippen LogP contribution >= 0.6 is 11.3 Å². The number of aliphatic hydroxyl groups is 1. The maximum Gasteiger partial charge on any atom is 0.106 e. The van der Waals surface area contributed by atoms with Crippen molar-refractivity contribution in [1.82, 2.24) is 0 Å². The van der Waals surface area contributed by atoms with Crippen molar-refractivity contribution in [3.05, 3.63) is 70.6 Å². The van der Waals surface area contributed by atoms with Gasteiger partial charge in [0.1, 0.15) is 6.10 Å². The molecular weight excluding hydrogens is 240 g/mol. The van der Waals surface area contributed by atoms with Gasteiger partial charge in [-0.05, 0) is 23.9 Å². The third-order valence-corrected chi connectivity index (χ3v) is 4.31. The third kappa shape index (κ3) is 1.84. The molecule has 3 rings (SSSR count). The summed E-state index contributed by atoms with van der Waals surface area (Å²) in [5.74, 6) is 0. The Balaban J connectivity index is 2.17. The molecule has 18 heavy (non-hydrogen) atoms. The molecule has 1 N–H and O–H groups in total. The highest BCUT2D eigenvalue weighted by Crippen LogP contribution is 2.37. The summed E-state index contributed by atoms with van der Waals surface area (Å²) in [5.41, 5.74) is 1.99. The van der Waals surface area contributed by atoms with Crippen LogP contribution in [0.15, 0.2) is 54.6 Å². The monoisotopic (exact) mass is 254 g/mol. The SMILES string of the molecule is Cc1sc2ccccc2c1C(O)c1ccccc1. The molecule has 90 valence electrons. The van der Waals surface area contributed by atoms with Gasteiger partial charge in [-0.2, -0.15) is 0 Å². The molecule has 2 heteroatoms. The number of hydrogen-bond acceptors (Lipinski definition) is 2. The third-order valence-electron chi connectivity index (χ3n) is 3.21. The highest BCUT2D eigenvalue weighted by molar-refractivity contribution is 7.19. The number of fused-ring (bicyclic) bond motifs is 1. The molecule has 0 bridgehead atoms. The standard InChI is InChI=1S/C16H14OS/c1-11-15(13-9-5-6-10-14(13)18-11)16(17)12-7-3-2-4-8-12/h2-10,16-17H,1H3. The lowest BCUT2D eigenvalue weighted by molar-refractivity contribution is 0.221. The van der Waals surface area contributed by atoms with Crippen LogP contribution in [0.3, 0.4) is 0 Å².